The van der Waals surface area contributed by atoms with E-state index in [4.69, 9.17) is 9.47 Å². The summed E-state index contributed by atoms with van der Waals surface area (Å²) in [7, 11) is 0. The van der Waals surface area contributed by atoms with E-state index in [0.29, 0.717) is 31.9 Å². The summed E-state index contributed by atoms with van der Waals surface area (Å²) in [6.07, 6.45) is 1.36. The van der Waals surface area contributed by atoms with E-state index >= 15 is 0 Å². The second-order valence-electron chi connectivity index (χ2n) is 7.01. The average Bonchev–Trinajstić information content (AvgIpc) is 3.00. The predicted octanol–water partition coefficient (Wildman–Crippen LogP) is 2.28. The maximum atomic E-state index is 12.8. The molecule has 2 atom stereocenters. The quantitative estimate of drug-likeness (QED) is 0.888. The summed E-state index contributed by atoms with van der Waals surface area (Å²) in [5, 5.41) is 3.05. The third-order valence-electron chi connectivity index (χ3n) is 4.77. The molecule has 2 heterocycles. The molecule has 0 unspecified atom stereocenters. The number of likely N-dealkylation sites (tertiary alicyclic amines) is 1. The van der Waals surface area contributed by atoms with Crippen molar-refractivity contribution >= 4 is 11.8 Å². The van der Waals surface area contributed by atoms with Crippen LogP contribution in [-0.2, 0) is 9.59 Å². The Morgan fingerprint density at radius 2 is 1.88 bits per heavy atom. The molecule has 3 rings (SSSR count). The molecule has 0 saturated carbocycles. The Balaban J connectivity index is 1.71. The van der Waals surface area contributed by atoms with Crippen LogP contribution in [0.3, 0.4) is 0 Å². The second-order valence-corrected chi connectivity index (χ2v) is 7.01. The zero-order chi connectivity index (χ0) is 18.0. The van der Waals surface area contributed by atoms with Gasteiger partial charge >= 0.3 is 0 Å². The molecule has 2 amide bonds. The number of carbonyl (C=O) groups excluding carboxylic acids is 2. The Morgan fingerprint density at radius 3 is 2.52 bits per heavy atom. The van der Waals surface area contributed by atoms with Crippen LogP contribution in [0.25, 0.3) is 0 Å². The number of ether oxygens (including phenoxy) is 2. The molecule has 6 heteroatoms. The van der Waals surface area contributed by atoms with Crippen LogP contribution < -0.4 is 14.8 Å². The van der Waals surface area contributed by atoms with E-state index in [1.54, 1.807) is 4.90 Å². The lowest BCUT2D eigenvalue weighted by molar-refractivity contribution is -0.139. The highest BCUT2D eigenvalue weighted by Gasteiger charge is 2.35. The Kier molecular flexibility index (Phi) is 5.16. The first-order valence-corrected chi connectivity index (χ1v) is 8.96. The molecule has 6 nitrogen and oxygen atoms in total. The minimum atomic E-state index is -0.422. The van der Waals surface area contributed by atoms with Gasteiger partial charge in [0.25, 0.3) is 0 Å². The molecule has 2 aliphatic heterocycles. The molecule has 1 aromatic carbocycles. The second kappa shape index (κ2) is 7.33. The van der Waals surface area contributed by atoms with Gasteiger partial charge < -0.3 is 19.7 Å². The molecule has 25 heavy (non-hydrogen) atoms. The van der Waals surface area contributed by atoms with Crippen molar-refractivity contribution in [2.45, 2.75) is 45.7 Å². The van der Waals surface area contributed by atoms with E-state index in [1.807, 2.05) is 39.0 Å². The lowest BCUT2D eigenvalue weighted by Gasteiger charge is -2.31. The summed E-state index contributed by atoms with van der Waals surface area (Å²) >= 11 is 0. The van der Waals surface area contributed by atoms with Gasteiger partial charge in [0.05, 0.1) is 6.04 Å². The van der Waals surface area contributed by atoms with Crippen LogP contribution in [0.15, 0.2) is 18.2 Å². The van der Waals surface area contributed by atoms with Crippen molar-refractivity contribution in [3.63, 3.8) is 0 Å². The fourth-order valence-corrected chi connectivity index (χ4v) is 3.48. The highest BCUT2D eigenvalue weighted by molar-refractivity contribution is 5.89. The fourth-order valence-electron chi connectivity index (χ4n) is 3.48. The van der Waals surface area contributed by atoms with Gasteiger partial charge in [-0.3, -0.25) is 9.59 Å². The molecular weight excluding hydrogens is 320 g/mol. The number of fused-ring (bicyclic) bond motifs is 1. The van der Waals surface area contributed by atoms with Gasteiger partial charge in [-0.25, -0.2) is 0 Å². The molecular formula is C19H26N2O4. The number of amides is 2. The van der Waals surface area contributed by atoms with Gasteiger partial charge in [0, 0.05) is 13.0 Å². The Labute approximate surface area is 148 Å². The Bertz CT molecular complexity index is 659. The molecule has 1 fully saturated rings. The van der Waals surface area contributed by atoms with Gasteiger partial charge in [-0.05, 0) is 37.0 Å². The molecule has 1 saturated heterocycles. The molecule has 0 bridgehead atoms. The van der Waals surface area contributed by atoms with Crippen LogP contribution >= 0.6 is 0 Å². The zero-order valence-electron chi connectivity index (χ0n) is 15.1. The van der Waals surface area contributed by atoms with Crippen molar-refractivity contribution in [1.82, 2.24) is 10.2 Å². The minimum Gasteiger partial charge on any atom is -0.486 e. The van der Waals surface area contributed by atoms with E-state index in [0.717, 1.165) is 17.7 Å². The van der Waals surface area contributed by atoms with Crippen LogP contribution in [0.1, 0.15) is 45.2 Å². The predicted molar refractivity (Wildman–Crippen MR) is 93.6 cm³/mol. The molecule has 136 valence electrons. The topological polar surface area (TPSA) is 67.9 Å². The first kappa shape index (κ1) is 17.6. The van der Waals surface area contributed by atoms with E-state index in [9.17, 15) is 9.59 Å². The monoisotopic (exact) mass is 346 g/mol. The summed E-state index contributed by atoms with van der Waals surface area (Å²) in [5.41, 5.74) is 0.952. The minimum absolute atomic E-state index is 0.0644. The van der Waals surface area contributed by atoms with Crippen molar-refractivity contribution in [1.29, 1.82) is 0 Å². The highest BCUT2D eigenvalue weighted by Crippen LogP contribution is 2.32. The molecule has 0 aromatic heterocycles. The lowest BCUT2D eigenvalue weighted by Crippen LogP contribution is -2.50. The van der Waals surface area contributed by atoms with Crippen LogP contribution in [0, 0.1) is 5.92 Å². The van der Waals surface area contributed by atoms with Crippen molar-refractivity contribution in [2.75, 3.05) is 19.8 Å². The van der Waals surface area contributed by atoms with Gasteiger partial charge in [-0.2, -0.15) is 0 Å². The van der Waals surface area contributed by atoms with Crippen molar-refractivity contribution in [2.24, 2.45) is 5.92 Å². The fraction of sp³-hybridized carbons (Fsp3) is 0.579. The summed E-state index contributed by atoms with van der Waals surface area (Å²) < 4.78 is 11.1. The smallest absolute Gasteiger partial charge is 0.243 e. The zero-order valence-corrected chi connectivity index (χ0v) is 15.1. The summed E-state index contributed by atoms with van der Waals surface area (Å²) in [4.78, 5) is 26.6. The molecule has 1 N–H and O–H groups in total. The molecule has 0 radical (unpaired) electrons. The summed E-state index contributed by atoms with van der Waals surface area (Å²) in [5.74, 6) is 1.47. The number of rotatable bonds is 5. The third-order valence-corrected chi connectivity index (χ3v) is 4.77. The summed E-state index contributed by atoms with van der Waals surface area (Å²) in [6, 6.07) is 5.11. The number of benzene rings is 1. The van der Waals surface area contributed by atoms with Gasteiger partial charge in [-0.15, -0.1) is 0 Å². The first-order chi connectivity index (χ1) is 12.0. The lowest BCUT2D eigenvalue weighted by atomic mass is 10.0. The van der Waals surface area contributed by atoms with Gasteiger partial charge in [0.2, 0.25) is 11.8 Å². The number of nitrogens with one attached hydrogen (secondary N) is 1. The Hall–Kier alpha value is -2.24. The number of carbonyl (C=O) groups is 2. The van der Waals surface area contributed by atoms with Crippen LogP contribution in [0.4, 0.5) is 0 Å². The SMILES string of the molecule is CC(C)[C@H](C(=O)N[C@@H](C)c1ccc2c(c1)OCCO2)N1CCCC1=O. The van der Waals surface area contributed by atoms with Crippen LogP contribution in [0.2, 0.25) is 0 Å². The summed E-state index contributed by atoms with van der Waals surface area (Å²) in [6.45, 7) is 7.64. The van der Waals surface area contributed by atoms with Gasteiger partial charge in [0.15, 0.2) is 11.5 Å². The van der Waals surface area contributed by atoms with E-state index < -0.39 is 6.04 Å². The molecule has 1 aromatic rings. The van der Waals surface area contributed by atoms with Crippen molar-refractivity contribution < 1.29 is 19.1 Å². The van der Waals surface area contributed by atoms with E-state index in [-0.39, 0.29) is 23.8 Å². The highest BCUT2D eigenvalue weighted by atomic mass is 16.6. The number of hydrogen-bond donors (Lipinski definition) is 1. The Morgan fingerprint density at radius 1 is 1.16 bits per heavy atom. The van der Waals surface area contributed by atoms with Crippen molar-refractivity contribution in [3.8, 4) is 11.5 Å². The molecule has 2 aliphatic rings. The standard InChI is InChI=1S/C19H26N2O4/c1-12(2)18(21-8-4-5-17(21)22)19(23)20-13(3)14-6-7-15-16(11-14)25-10-9-24-15/h6-7,11-13,18H,4-5,8-10H2,1-3H3,(H,20,23)/t13-,18+/m0/s1. The van der Waals surface area contributed by atoms with E-state index in [2.05, 4.69) is 5.32 Å². The largest absolute Gasteiger partial charge is 0.486 e. The van der Waals surface area contributed by atoms with Crippen LogP contribution in [0.5, 0.6) is 11.5 Å². The van der Waals surface area contributed by atoms with Crippen LogP contribution in [-0.4, -0.2) is 42.5 Å². The number of nitrogens with zero attached hydrogens (tertiary/aromatic N) is 1. The first-order valence-electron chi connectivity index (χ1n) is 8.96. The molecule has 0 aliphatic carbocycles. The average molecular weight is 346 g/mol. The third kappa shape index (κ3) is 3.72. The normalized spacial score (nSPS) is 19.0. The van der Waals surface area contributed by atoms with Gasteiger partial charge in [-0.1, -0.05) is 19.9 Å². The molecule has 0 spiro atoms. The van der Waals surface area contributed by atoms with Crippen molar-refractivity contribution in [3.05, 3.63) is 23.8 Å². The van der Waals surface area contributed by atoms with E-state index in [1.165, 1.54) is 0 Å². The maximum absolute atomic E-state index is 12.8. The maximum Gasteiger partial charge on any atom is 0.243 e. The number of hydrogen-bond acceptors (Lipinski definition) is 4. The van der Waals surface area contributed by atoms with Gasteiger partial charge in [0.1, 0.15) is 19.3 Å².